The van der Waals surface area contributed by atoms with Crippen molar-refractivity contribution in [2.75, 3.05) is 11.9 Å². The third-order valence-corrected chi connectivity index (χ3v) is 5.17. The first-order valence-corrected chi connectivity index (χ1v) is 9.81. The summed E-state index contributed by atoms with van der Waals surface area (Å²) in [4.78, 5) is 4.65. The van der Waals surface area contributed by atoms with Crippen LogP contribution in [0, 0.1) is 6.92 Å². The van der Waals surface area contributed by atoms with Gasteiger partial charge in [-0.15, -0.1) is 0 Å². The third kappa shape index (κ3) is 3.82. The quantitative estimate of drug-likeness (QED) is 0.639. The zero-order chi connectivity index (χ0) is 18.8. The fraction of sp³-hybridized carbons (Fsp3) is 0.238. The van der Waals surface area contributed by atoms with Crippen LogP contribution in [0.15, 0.2) is 59.1 Å². The van der Waals surface area contributed by atoms with Crippen LogP contribution in [0.4, 0.5) is 5.95 Å². The summed E-state index contributed by atoms with van der Waals surface area (Å²) >= 11 is 3.49. The number of anilines is 1. The second kappa shape index (κ2) is 7.66. The highest BCUT2D eigenvalue weighted by atomic mass is 79.9. The van der Waals surface area contributed by atoms with E-state index in [4.69, 9.17) is 10.2 Å². The number of aliphatic hydroxyl groups excluding tert-OH is 1. The van der Waals surface area contributed by atoms with Crippen LogP contribution in [-0.2, 0) is 6.42 Å². The number of benzene rings is 2. The summed E-state index contributed by atoms with van der Waals surface area (Å²) in [6, 6.07) is 16.7. The Hall–Kier alpha value is -2.44. The highest BCUT2D eigenvalue weighted by molar-refractivity contribution is 9.10. The largest absolute Gasteiger partial charge is 0.396 e. The fourth-order valence-corrected chi connectivity index (χ4v) is 3.44. The molecule has 1 aromatic heterocycles. The van der Waals surface area contributed by atoms with Gasteiger partial charge in [0.25, 0.3) is 0 Å². The van der Waals surface area contributed by atoms with Gasteiger partial charge in [-0.2, -0.15) is 10.1 Å². The molecule has 138 valence electrons. The zero-order valence-corrected chi connectivity index (χ0v) is 16.6. The molecular formula is C21H21BrN4O. The monoisotopic (exact) mass is 424 g/mol. The summed E-state index contributed by atoms with van der Waals surface area (Å²) in [5.41, 5.74) is 4.51. The van der Waals surface area contributed by atoms with Crippen LogP contribution >= 0.6 is 15.9 Å². The van der Waals surface area contributed by atoms with Crippen molar-refractivity contribution in [2.45, 2.75) is 25.8 Å². The van der Waals surface area contributed by atoms with E-state index in [0.717, 1.165) is 33.1 Å². The normalized spacial score (nSPS) is 15.8. The number of aryl methyl sites for hydroxylation is 2. The Morgan fingerprint density at radius 2 is 1.85 bits per heavy atom. The lowest BCUT2D eigenvalue weighted by Crippen LogP contribution is -2.20. The molecule has 0 aliphatic carbocycles. The molecule has 0 spiro atoms. The van der Waals surface area contributed by atoms with E-state index in [1.54, 1.807) is 0 Å². The van der Waals surface area contributed by atoms with E-state index in [1.165, 1.54) is 5.56 Å². The number of hydrogen-bond donors (Lipinski definition) is 2. The average molecular weight is 425 g/mol. The van der Waals surface area contributed by atoms with Crippen LogP contribution in [-0.4, -0.2) is 26.5 Å². The lowest BCUT2D eigenvalue weighted by atomic mass is 10.0. The predicted octanol–water partition coefficient (Wildman–Crippen LogP) is 4.33. The van der Waals surface area contributed by atoms with Gasteiger partial charge < -0.3 is 10.4 Å². The number of nitrogens with zero attached hydrogens (tertiary/aromatic N) is 3. The van der Waals surface area contributed by atoms with Gasteiger partial charge in [0.2, 0.25) is 5.95 Å². The summed E-state index contributed by atoms with van der Waals surface area (Å²) in [5.74, 6) is 1.48. The van der Waals surface area contributed by atoms with Crippen molar-refractivity contribution >= 4 is 27.6 Å². The Labute approximate surface area is 166 Å². The number of nitrogens with one attached hydrogen (secondary N) is 1. The molecule has 0 saturated carbocycles. The molecule has 2 heterocycles. The maximum absolute atomic E-state index is 9.11. The molecule has 1 atom stereocenters. The average Bonchev–Trinajstić information content (AvgIpc) is 3.10. The Kier molecular flexibility index (Phi) is 5.09. The Balaban J connectivity index is 1.76. The summed E-state index contributed by atoms with van der Waals surface area (Å²) in [6.45, 7) is 2.23. The van der Waals surface area contributed by atoms with Crippen LogP contribution in [0.5, 0.6) is 0 Å². The van der Waals surface area contributed by atoms with Crippen molar-refractivity contribution < 1.29 is 5.11 Å². The van der Waals surface area contributed by atoms with Gasteiger partial charge in [0.05, 0.1) is 0 Å². The number of aliphatic hydroxyl groups is 1. The van der Waals surface area contributed by atoms with Gasteiger partial charge in [0.1, 0.15) is 6.04 Å². The van der Waals surface area contributed by atoms with E-state index in [2.05, 4.69) is 75.6 Å². The molecule has 0 fully saturated rings. The number of allylic oxidation sites excluding steroid dienone is 1. The first-order chi connectivity index (χ1) is 13.1. The van der Waals surface area contributed by atoms with Crippen molar-refractivity contribution in [3.63, 3.8) is 0 Å². The SMILES string of the molecule is Cc1ccc([C@H]2C=C(c3ccc(Br)cc3)Nc3nc(CCCO)nn32)cc1. The molecule has 0 radical (unpaired) electrons. The molecule has 0 bridgehead atoms. The lowest BCUT2D eigenvalue weighted by molar-refractivity contribution is 0.287. The predicted molar refractivity (Wildman–Crippen MR) is 110 cm³/mol. The van der Waals surface area contributed by atoms with E-state index >= 15 is 0 Å². The van der Waals surface area contributed by atoms with Gasteiger partial charge in [-0.05, 0) is 42.7 Å². The number of aromatic nitrogens is 3. The molecule has 27 heavy (non-hydrogen) atoms. The van der Waals surface area contributed by atoms with Gasteiger partial charge in [-0.3, -0.25) is 0 Å². The van der Waals surface area contributed by atoms with Gasteiger partial charge in [-0.25, -0.2) is 4.68 Å². The molecule has 0 unspecified atom stereocenters. The molecule has 6 heteroatoms. The molecule has 5 nitrogen and oxygen atoms in total. The minimum atomic E-state index is -0.0316. The summed E-state index contributed by atoms with van der Waals surface area (Å²) in [7, 11) is 0. The minimum Gasteiger partial charge on any atom is -0.396 e. The molecule has 3 aromatic rings. The number of fused-ring (bicyclic) bond motifs is 1. The summed E-state index contributed by atoms with van der Waals surface area (Å²) in [6.07, 6.45) is 3.50. The van der Waals surface area contributed by atoms with Crippen LogP contribution in [0.1, 0.15) is 35.0 Å². The third-order valence-electron chi connectivity index (χ3n) is 4.64. The highest BCUT2D eigenvalue weighted by Crippen LogP contribution is 2.33. The second-order valence-electron chi connectivity index (χ2n) is 6.69. The first-order valence-electron chi connectivity index (χ1n) is 9.01. The Morgan fingerprint density at radius 3 is 2.56 bits per heavy atom. The molecule has 1 aliphatic heterocycles. The topological polar surface area (TPSA) is 63.0 Å². The fourth-order valence-electron chi connectivity index (χ4n) is 3.18. The van der Waals surface area contributed by atoms with Crippen molar-refractivity contribution in [3.05, 3.63) is 81.6 Å². The molecule has 1 aliphatic rings. The van der Waals surface area contributed by atoms with Gasteiger partial charge in [-0.1, -0.05) is 57.9 Å². The van der Waals surface area contributed by atoms with E-state index in [-0.39, 0.29) is 12.6 Å². The summed E-state index contributed by atoms with van der Waals surface area (Å²) in [5, 5.41) is 17.2. The minimum absolute atomic E-state index is 0.0316. The second-order valence-corrected chi connectivity index (χ2v) is 7.61. The molecule has 2 N–H and O–H groups in total. The lowest BCUT2D eigenvalue weighted by Gasteiger charge is -2.24. The number of halogens is 1. The van der Waals surface area contributed by atoms with Crippen molar-refractivity contribution in [3.8, 4) is 0 Å². The van der Waals surface area contributed by atoms with Crippen molar-refractivity contribution in [1.29, 1.82) is 0 Å². The summed E-state index contributed by atoms with van der Waals surface area (Å²) < 4.78 is 2.98. The van der Waals surface area contributed by atoms with Crippen molar-refractivity contribution in [2.24, 2.45) is 0 Å². The maximum Gasteiger partial charge on any atom is 0.226 e. The van der Waals surface area contributed by atoms with Gasteiger partial charge in [0.15, 0.2) is 5.82 Å². The maximum atomic E-state index is 9.11. The molecular weight excluding hydrogens is 404 g/mol. The Bertz CT molecular complexity index is 961. The smallest absolute Gasteiger partial charge is 0.226 e. The van der Waals surface area contributed by atoms with Crippen LogP contribution in [0.25, 0.3) is 5.70 Å². The number of rotatable bonds is 5. The Morgan fingerprint density at radius 1 is 1.11 bits per heavy atom. The molecule has 0 saturated heterocycles. The van der Waals surface area contributed by atoms with Crippen LogP contribution in [0.2, 0.25) is 0 Å². The molecule has 0 amide bonds. The standard InChI is InChI=1S/C21H21BrN4O/c1-14-4-6-16(7-5-14)19-13-18(15-8-10-17(22)11-9-15)23-21-24-20(3-2-12-27)25-26(19)21/h4-11,13,19,27H,2-3,12H2,1H3,(H,23,24,25)/t19-/m1/s1. The highest BCUT2D eigenvalue weighted by Gasteiger charge is 2.25. The van der Waals surface area contributed by atoms with Gasteiger partial charge in [0, 0.05) is 23.2 Å². The first kappa shape index (κ1) is 17.9. The van der Waals surface area contributed by atoms with Gasteiger partial charge >= 0.3 is 0 Å². The van der Waals surface area contributed by atoms with E-state index in [9.17, 15) is 0 Å². The number of hydrogen-bond acceptors (Lipinski definition) is 4. The van der Waals surface area contributed by atoms with E-state index in [1.807, 2.05) is 16.8 Å². The van der Waals surface area contributed by atoms with Crippen molar-refractivity contribution in [1.82, 2.24) is 14.8 Å². The zero-order valence-electron chi connectivity index (χ0n) is 15.1. The molecule has 4 rings (SSSR count). The molecule has 2 aromatic carbocycles. The van der Waals surface area contributed by atoms with Crippen LogP contribution < -0.4 is 5.32 Å². The van der Waals surface area contributed by atoms with E-state index < -0.39 is 0 Å². The van der Waals surface area contributed by atoms with E-state index in [0.29, 0.717) is 12.8 Å². The van der Waals surface area contributed by atoms with Crippen LogP contribution in [0.3, 0.4) is 0 Å².